The van der Waals surface area contributed by atoms with Crippen LogP contribution in [-0.4, -0.2) is 45.7 Å². The van der Waals surface area contributed by atoms with Crippen LogP contribution in [0, 0.1) is 0 Å². The molecule has 27 heavy (non-hydrogen) atoms. The number of nitrogens with zero attached hydrogens (tertiary/aromatic N) is 3. The Kier molecular flexibility index (Phi) is 5.66. The summed E-state index contributed by atoms with van der Waals surface area (Å²) >= 11 is 1.66. The molecule has 0 amide bonds. The van der Waals surface area contributed by atoms with Gasteiger partial charge < -0.3 is 10.4 Å². The fourth-order valence-electron chi connectivity index (χ4n) is 3.59. The number of fused-ring (bicyclic) bond motifs is 1. The van der Waals surface area contributed by atoms with Crippen LogP contribution >= 0.6 is 11.3 Å². The molecule has 2 N–H and O–H groups in total. The first-order valence-corrected chi connectivity index (χ1v) is 10.6. The van der Waals surface area contributed by atoms with E-state index in [2.05, 4.69) is 27.7 Å². The highest BCUT2D eigenvalue weighted by Gasteiger charge is 2.18. The fourth-order valence-corrected chi connectivity index (χ4v) is 4.55. The zero-order valence-corrected chi connectivity index (χ0v) is 16.5. The summed E-state index contributed by atoms with van der Waals surface area (Å²) in [6.45, 7) is 5.06. The molecule has 1 saturated heterocycles. The minimum atomic E-state index is -0.0607. The van der Waals surface area contributed by atoms with Crippen molar-refractivity contribution in [2.75, 3.05) is 25.0 Å². The molecule has 142 valence electrons. The van der Waals surface area contributed by atoms with Gasteiger partial charge in [-0.25, -0.2) is 9.97 Å². The Bertz CT molecular complexity index is 890. The van der Waals surface area contributed by atoms with Gasteiger partial charge in [-0.2, -0.15) is 0 Å². The van der Waals surface area contributed by atoms with E-state index in [1.807, 2.05) is 25.1 Å². The van der Waals surface area contributed by atoms with Gasteiger partial charge >= 0.3 is 0 Å². The summed E-state index contributed by atoms with van der Waals surface area (Å²) in [4.78, 5) is 13.2. The van der Waals surface area contributed by atoms with Gasteiger partial charge in [-0.3, -0.25) is 4.90 Å². The highest BCUT2D eigenvalue weighted by molar-refractivity contribution is 7.17. The van der Waals surface area contributed by atoms with Crippen LogP contribution in [0.4, 0.5) is 5.82 Å². The highest BCUT2D eigenvalue weighted by Crippen LogP contribution is 2.37. The summed E-state index contributed by atoms with van der Waals surface area (Å²) in [6, 6.07) is 10.3. The topological polar surface area (TPSA) is 61.3 Å². The first kappa shape index (κ1) is 18.3. The van der Waals surface area contributed by atoms with Crippen molar-refractivity contribution >= 4 is 27.4 Å². The molecule has 0 saturated carbocycles. The van der Waals surface area contributed by atoms with Crippen LogP contribution in [0.3, 0.4) is 0 Å². The Morgan fingerprint density at radius 2 is 1.93 bits per heavy atom. The van der Waals surface area contributed by atoms with Gasteiger partial charge in [-0.05, 0) is 38.4 Å². The summed E-state index contributed by atoms with van der Waals surface area (Å²) in [5.41, 5.74) is 2.31. The van der Waals surface area contributed by atoms with Crippen molar-refractivity contribution < 1.29 is 5.11 Å². The lowest BCUT2D eigenvalue weighted by molar-refractivity contribution is 0.216. The molecule has 4 rings (SSSR count). The largest absolute Gasteiger partial charge is 0.394 e. The van der Waals surface area contributed by atoms with Crippen molar-refractivity contribution in [1.82, 2.24) is 14.9 Å². The Labute approximate surface area is 164 Å². The number of anilines is 1. The quantitative estimate of drug-likeness (QED) is 0.671. The molecular formula is C21H26N4OS. The average Bonchev–Trinajstić information content (AvgIpc) is 3.13. The first-order chi connectivity index (χ1) is 13.2. The minimum Gasteiger partial charge on any atom is -0.394 e. The van der Waals surface area contributed by atoms with Crippen LogP contribution in [0.1, 0.15) is 32.0 Å². The van der Waals surface area contributed by atoms with E-state index in [4.69, 9.17) is 9.97 Å². The lowest BCUT2D eigenvalue weighted by atomic mass is 10.1. The van der Waals surface area contributed by atoms with Gasteiger partial charge in [-0.1, -0.05) is 36.8 Å². The van der Waals surface area contributed by atoms with E-state index in [-0.39, 0.29) is 12.6 Å². The number of aliphatic hydroxyl groups excluding tert-OH is 1. The number of benzene rings is 1. The predicted octanol–water partition coefficient (Wildman–Crippen LogP) is 4.14. The van der Waals surface area contributed by atoms with Crippen molar-refractivity contribution in [2.24, 2.45) is 0 Å². The van der Waals surface area contributed by atoms with Gasteiger partial charge in [-0.15, -0.1) is 11.3 Å². The van der Waals surface area contributed by atoms with Crippen molar-refractivity contribution in [3.05, 3.63) is 41.5 Å². The molecule has 0 radical (unpaired) electrons. The van der Waals surface area contributed by atoms with Gasteiger partial charge in [0.05, 0.1) is 18.5 Å². The lowest BCUT2D eigenvalue weighted by Crippen LogP contribution is -2.30. The monoisotopic (exact) mass is 382 g/mol. The molecule has 1 atom stereocenters. The molecule has 1 unspecified atom stereocenters. The van der Waals surface area contributed by atoms with Crippen LogP contribution in [0.2, 0.25) is 0 Å². The summed E-state index contributed by atoms with van der Waals surface area (Å²) in [5.74, 6) is 1.69. The van der Waals surface area contributed by atoms with Gasteiger partial charge in [0.1, 0.15) is 16.5 Å². The number of thiophene rings is 1. The van der Waals surface area contributed by atoms with Crippen LogP contribution in [0.5, 0.6) is 0 Å². The Morgan fingerprint density at radius 1 is 1.15 bits per heavy atom. The SMILES string of the molecule is CC(CO)Nc1nc(CN2CCCCC2)nc2scc(-c3ccccc3)c12. The highest BCUT2D eigenvalue weighted by atomic mass is 32.1. The summed E-state index contributed by atoms with van der Waals surface area (Å²) < 4.78 is 0. The molecule has 6 heteroatoms. The van der Waals surface area contributed by atoms with Gasteiger partial charge in [0, 0.05) is 17.0 Å². The second-order valence-electron chi connectivity index (χ2n) is 7.25. The van der Waals surface area contributed by atoms with Gasteiger partial charge in [0.25, 0.3) is 0 Å². The number of aromatic nitrogens is 2. The Hall–Kier alpha value is -2.02. The molecule has 1 aliphatic heterocycles. The maximum absolute atomic E-state index is 9.52. The molecule has 0 bridgehead atoms. The van der Waals surface area contributed by atoms with Crippen molar-refractivity contribution in [2.45, 2.75) is 38.8 Å². The number of hydrogen-bond donors (Lipinski definition) is 2. The second kappa shape index (κ2) is 8.33. The molecule has 0 spiro atoms. The maximum Gasteiger partial charge on any atom is 0.146 e. The third-order valence-electron chi connectivity index (χ3n) is 5.04. The standard InChI is InChI=1S/C21H26N4OS/c1-15(13-26)22-20-19-17(16-8-4-2-5-9-16)14-27-21(19)24-18(23-20)12-25-10-6-3-7-11-25/h2,4-5,8-9,14-15,26H,3,6-7,10-13H2,1H3,(H,22,23,24). The Balaban J connectivity index is 1.75. The van der Waals surface area contributed by atoms with Crippen molar-refractivity contribution in [3.63, 3.8) is 0 Å². The summed E-state index contributed by atoms with van der Waals surface area (Å²) in [6.07, 6.45) is 3.83. The van der Waals surface area contributed by atoms with E-state index in [9.17, 15) is 5.11 Å². The summed E-state index contributed by atoms with van der Waals surface area (Å²) in [7, 11) is 0. The fraction of sp³-hybridized carbons (Fsp3) is 0.429. The number of likely N-dealkylation sites (tertiary alicyclic amines) is 1. The minimum absolute atomic E-state index is 0.0607. The van der Waals surface area contributed by atoms with Crippen LogP contribution in [0.15, 0.2) is 35.7 Å². The lowest BCUT2D eigenvalue weighted by Gasteiger charge is -2.25. The van der Waals surface area contributed by atoms with Crippen LogP contribution in [-0.2, 0) is 6.54 Å². The molecule has 1 aliphatic rings. The zero-order valence-electron chi connectivity index (χ0n) is 15.7. The smallest absolute Gasteiger partial charge is 0.146 e. The molecule has 1 fully saturated rings. The van der Waals surface area contributed by atoms with E-state index < -0.39 is 0 Å². The first-order valence-electron chi connectivity index (χ1n) is 9.68. The second-order valence-corrected chi connectivity index (χ2v) is 8.11. The van der Waals surface area contributed by atoms with Crippen molar-refractivity contribution in [1.29, 1.82) is 0 Å². The van der Waals surface area contributed by atoms with Crippen LogP contribution in [0.25, 0.3) is 21.3 Å². The normalized spacial score (nSPS) is 16.5. The average molecular weight is 383 g/mol. The van der Waals surface area contributed by atoms with Gasteiger partial charge in [0.15, 0.2) is 0 Å². The third-order valence-corrected chi connectivity index (χ3v) is 5.91. The molecule has 3 aromatic rings. The molecular weight excluding hydrogens is 356 g/mol. The molecule has 5 nitrogen and oxygen atoms in total. The summed E-state index contributed by atoms with van der Waals surface area (Å²) in [5, 5.41) is 16.1. The molecule has 3 heterocycles. The van der Waals surface area contributed by atoms with E-state index in [1.54, 1.807) is 11.3 Å². The number of aliphatic hydroxyl groups is 1. The molecule has 2 aromatic heterocycles. The number of piperidine rings is 1. The third kappa shape index (κ3) is 4.13. The van der Waals surface area contributed by atoms with E-state index in [0.29, 0.717) is 0 Å². The van der Waals surface area contributed by atoms with Gasteiger partial charge in [0.2, 0.25) is 0 Å². The van der Waals surface area contributed by atoms with E-state index >= 15 is 0 Å². The number of hydrogen-bond acceptors (Lipinski definition) is 6. The Morgan fingerprint density at radius 3 is 2.67 bits per heavy atom. The predicted molar refractivity (Wildman–Crippen MR) is 112 cm³/mol. The van der Waals surface area contributed by atoms with Crippen molar-refractivity contribution in [3.8, 4) is 11.1 Å². The van der Waals surface area contributed by atoms with Crippen LogP contribution < -0.4 is 5.32 Å². The molecule has 1 aromatic carbocycles. The van der Waals surface area contributed by atoms with E-state index in [1.165, 1.54) is 19.3 Å². The zero-order chi connectivity index (χ0) is 18.6. The molecule has 0 aliphatic carbocycles. The number of rotatable bonds is 6. The maximum atomic E-state index is 9.52. The van der Waals surface area contributed by atoms with E-state index in [0.717, 1.165) is 52.6 Å². The number of nitrogens with one attached hydrogen (secondary N) is 1.